The van der Waals surface area contributed by atoms with Crippen molar-refractivity contribution < 1.29 is 9.59 Å². The van der Waals surface area contributed by atoms with Crippen molar-refractivity contribution in [2.75, 3.05) is 5.32 Å². The number of hydrogen-bond acceptors (Lipinski definition) is 5. The molecule has 0 fully saturated rings. The Labute approximate surface area is 167 Å². The number of pyridine rings is 2. The molecule has 7 heteroatoms. The number of aromatic nitrogens is 2. The zero-order chi connectivity index (χ0) is 19.3. The molecule has 3 heterocycles. The van der Waals surface area contributed by atoms with Gasteiger partial charge in [-0.1, -0.05) is 6.07 Å². The number of anilines is 1. The van der Waals surface area contributed by atoms with Gasteiger partial charge in [-0.2, -0.15) is 0 Å². The molecule has 0 aromatic carbocycles. The highest BCUT2D eigenvalue weighted by atomic mass is 32.1. The van der Waals surface area contributed by atoms with Gasteiger partial charge in [0.05, 0.1) is 23.4 Å². The van der Waals surface area contributed by atoms with Crippen molar-refractivity contribution in [1.82, 2.24) is 15.3 Å². The fraction of sp³-hybridized carbons (Fsp3) is 0.238. The highest BCUT2D eigenvalue weighted by Crippen LogP contribution is 2.38. The fourth-order valence-corrected chi connectivity index (χ4v) is 4.61. The van der Waals surface area contributed by atoms with Gasteiger partial charge < -0.3 is 10.6 Å². The third kappa shape index (κ3) is 3.94. The van der Waals surface area contributed by atoms with Crippen LogP contribution >= 0.6 is 11.3 Å². The Hall–Kier alpha value is -3.06. The lowest BCUT2D eigenvalue weighted by atomic mass is 9.95. The van der Waals surface area contributed by atoms with Crippen molar-refractivity contribution in [3.63, 3.8) is 0 Å². The Morgan fingerprint density at radius 1 is 1.04 bits per heavy atom. The van der Waals surface area contributed by atoms with Gasteiger partial charge in [-0.05, 0) is 55.5 Å². The molecule has 1 aliphatic rings. The minimum Gasteiger partial charge on any atom is -0.346 e. The second-order valence-corrected chi connectivity index (χ2v) is 7.72. The van der Waals surface area contributed by atoms with E-state index in [9.17, 15) is 9.59 Å². The molecule has 0 bridgehead atoms. The quantitative estimate of drug-likeness (QED) is 0.695. The maximum absolute atomic E-state index is 13.0. The van der Waals surface area contributed by atoms with Crippen molar-refractivity contribution in [3.8, 4) is 0 Å². The van der Waals surface area contributed by atoms with Gasteiger partial charge in [0.15, 0.2) is 0 Å². The minimum atomic E-state index is -0.259. The van der Waals surface area contributed by atoms with E-state index in [4.69, 9.17) is 0 Å². The molecule has 2 amide bonds. The van der Waals surface area contributed by atoms with Crippen LogP contribution in [0.25, 0.3) is 0 Å². The SMILES string of the molecule is O=C(Nc1sc2c(c1C(=O)NCc1ccccn1)CCCC2)c1cccnc1. The van der Waals surface area contributed by atoms with Crippen LogP contribution in [0.5, 0.6) is 0 Å². The van der Waals surface area contributed by atoms with Crippen LogP contribution in [-0.4, -0.2) is 21.8 Å². The van der Waals surface area contributed by atoms with Gasteiger partial charge in [0.25, 0.3) is 11.8 Å². The van der Waals surface area contributed by atoms with Gasteiger partial charge in [0.2, 0.25) is 0 Å². The molecule has 0 saturated carbocycles. The van der Waals surface area contributed by atoms with Crippen LogP contribution in [0.2, 0.25) is 0 Å². The maximum atomic E-state index is 13.0. The normalized spacial score (nSPS) is 12.9. The largest absolute Gasteiger partial charge is 0.346 e. The van der Waals surface area contributed by atoms with E-state index in [0.29, 0.717) is 22.7 Å². The Kier molecular flexibility index (Phi) is 5.43. The molecule has 0 spiro atoms. The number of nitrogens with one attached hydrogen (secondary N) is 2. The first-order valence-electron chi connectivity index (χ1n) is 9.26. The number of rotatable bonds is 5. The Balaban J connectivity index is 1.58. The van der Waals surface area contributed by atoms with E-state index < -0.39 is 0 Å². The summed E-state index contributed by atoms with van der Waals surface area (Å²) in [5, 5.41) is 6.48. The smallest absolute Gasteiger partial charge is 0.257 e. The number of carbonyl (C=O) groups excluding carboxylic acids is 2. The summed E-state index contributed by atoms with van der Waals surface area (Å²) in [6.07, 6.45) is 8.82. The molecule has 0 aliphatic heterocycles. The van der Waals surface area contributed by atoms with Crippen LogP contribution in [0.3, 0.4) is 0 Å². The van der Waals surface area contributed by atoms with Crippen LogP contribution < -0.4 is 10.6 Å². The van der Waals surface area contributed by atoms with Gasteiger partial charge in [-0.3, -0.25) is 19.6 Å². The van der Waals surface area contributed by atoms with E-state index in [2.05, 4.69) is 20.6 Å². The molecule has 0 atom stereocenters. The summed E-state index contributed by atoms with van der Waals surface area (Å²) >= 11 is 1.51. The van der Waals surface area contributed by atoms with E-state index in [1.807, 2.05) is 18.2 Å². The number of fused-ring (bicyclic) bond motifs is 1. The van der Waals surface area contributed by atoms with Crippen molar-refractivity contribution in [3.05, 3.63) is 76.2 Å². The summed E-state index contributed by atoms with van der Waals surface area (Å²) in [7, 11) is 0. The second-order valence-electron chi connectivity index (χ2n) is 6.61. The third-order valence-electron chi connectivity index (χ3n) is 4.71. The van der Waals surface area contributed by atoms with Crippen LogP contribution in [0.15, 0.2) is 48.9 Å². The predicted molar refractivity (Wildman–Crippen MR) is 109 cm³/mol. The average molecular weight is 392 g/mol. The molecule has 1 aliphatic carbocycles. The molecular formula is C21H20N4O2S. The van der Waals surface area contributed by atoms with Gasteiger partial charge in [-0.25, -0.2) is 0 Å². The zero-order valence-electron chi connectivity index (χ0n) is 15.3. The monoisotopic (exact) mass is 392 g/mol. The average Bonchev–Trinajstić information content (AvgIpc) is 3.11. The molecule has 142 valence electrons. The van der Waals surface area contributed by atoms with Gasteiger partial charge in [0, 0.05) is 23.5 Å². The molecule has 2 N–H and O–H groups in total. The van der Waals surface area contributed by atoms with Crippen molar-refractivity contribution in [1.29, 1.82) is 0 Å². The molecule has 0 unspecified atom stereocenters. The minimum absolute atomic E-state index is 0.175. The van der Waals surface area contributed by atoms with Crippen molar-refractivity contribution >= 4 is 28.2 Å². The van der Waals surface area contributed by atoms with Gasteiger partial charge in [0.1, 0.15) is 5.00 Å². The standard InChI is InChI=1S/C21H20N4O2S/c26-19(14-6-5-10-22-12-14)25-21-18(16-8-1-2-9-17(16)28-21)20(27)24-13-15-7-3-4-11-23-15/h3-7,10-12H,1-2,8-9,13H2,(H,24,27)(H,25,26). The fourth-order valence-electron chi connectivity index (χ4n) is 3.33. The topological polar surface area (TPSA) is 84.0 Å². The molecule has 28 heavy (non-hydrogen) atoms. The Morgan fingerprint density at radius 3 is 2.71 bits per heavy atom. The summed E-state index contributed by atoms with van der Waals surface area (Å²) in [5.74, 6) is -0.433. The van der Waals surface area contributed by atoms with Gasteiger partial charge in [-0.15, -0.1) is 11.3 Å². The van der Waals surface area contributed by atoms with E-state index in [1.165, 1.54) is 22.4 Å². The molecule has 6 nitrogen and oxygen atoms in total. The number of aryl methyl sites for hydroxylation is 1. The number of nitrogens with zero attached hydrogens (tertiary/aromatic N) is 2. The number of amides is 2. The summed E-state index contributed by atoms with van der Waals surface area (Å²) in [6, 6.07) is 9.02. The molecule has 3 aromatic rings. The Bertz CT molecular complexity index is 986. The zero-order valence-corrected chi connectivity index (χ0v) is 16.1. The number of carbonyl (C=O) groups is 2. The van der Waals surface area contributed by atoms with Crippen LogP contribution in [0.1, 0.15) is 49.7 Å². The van der Waals surface area contributed by atoms with Crippen LogP contribution in [0, 0.1) is 0 Å². The van der Waals surface area contributed by atoms with Gasteiger partial charge >= 0.3 is 0 Å². The van der Waals surface area contributed by atoms with E-state index in [1.54, 1.807) is 24.5 Å². The summed E-state index contributed by atoms with van der Waals surface area (Å²) < 4.78 is 0. The Morgan fingerprint density at radius 2 is 1.93 bits per heavy atom. The molecular weight excluding hydrogens is 372 g/mol. The number of thiophene rings is 1. The third-order valence-corrected chi connectivity index (χ3v) is 5.91. The van der Waals surface area contributed by atoms with E-state index >= 15 is 0 Å². The lowest BCUT2D eigenvalue weighted by Gasteiger charge is -2.13. The van der Waals surface area contributed by atoms with Crippen molar-refractivity contribution in [2.45, 2.75) is 32.2 Å². The highest BCUT2D eigenvalue weighted by molar-refractivity contribution is 7.17. The lowest BCUT2D eigenvalue weighted by molar-refractivity contribution is 0.0950. The van der Waals surface area contributed by atoms with Crippen LogP contribution in [-0.2, 0) is 19.4 Å². The predicted octanol–water partition coefficient (Wildman–Crippen LogP) is 3.60. The van der Waals surface area contributed by atoms with Crippen LogP contribution in [0.4, 0.5) is 5.00 Å². The first-order chi connectivity index (χ1) is 13.7. The second kappa shape index (κ2) is 8.31. The highest BCUT2D eigenvalue weighted by Gasteiger charge is 2.26. The molecule has 0 radical (unpaired) electrons. The molecule has 4 rings (SSSR count). The van der Waals surface area contributed by atoms with E-state index in [-0.39, 0.29) is 11.8 Å². The van der Waals surface area contributed by atoms with Crippen molar-refractivity contribution in [2.24, 2.45) is 0 Å². The summed E-state index contributed by atoms with van der Waals surface area (Å²) in [6.45, 7) is 0.348. The maximum Gasteiger partial charge on any atom is 0.257 e. The first kappa shape index (κ1) is 18.3. The lowest BCUT2D eigenvalue weighted by Crippen LogP contribution is -2.26. The summed E-state index contributed by atoms with van der Waals surface area (Å²) in [4.78, 5) is 35.0. The van der Waals surface area contributed by atoms with E-state index in [0.717, 1.165) is 36.9 Å². The molecule has 3 aromatic heterocycles. The number of hydrogen-bond donors (Lipinski definition) is 2. The first-order valence-corrected chi connectivity index (χ1v) is 10.1. The molecule has 0 saturated heterocycles. The summed E-state index contributed by atoms with van der Waals surface area (Å²) in [5.41, 5.74) is 2.92.